The number of nitrogens with zero attached hydrogens (tertiary/aromatic N) is 1. The van der Waals surface area contributed by atoms with E-state index in [1.165, 1.54) is 13.5 Å². The Hall–Kier alpha value is -2.37. The van der Waals surface area contributed by atoms with Crippen molar-refractivity contribution in [3.05, 3.63) is 34.5 Å². The second-order valence-corrected chi connectivity index (χ2v) is 6.56. The average molecular weight is 378 g/mol. The molecule has 1 aromatic rings. The van der Waals surface area contributed by atoms with Crippen LogP contribution in [-0.2, 0) is 9.53 Å². The molecule has 150 valence electrons. The van der Waals surface area contributed by atoms with Crippen LogP contribution < -0.4 is 20.5 Å². The number of allylic oxidation sites excluding steroid dienone is 1. The highest BCUT2D eigenvalue weighted by Crippen LogP contribution is 2.23. The Morgan fingerprint density at radius 3 is 2.59 bits per heavy atom. The largest absolute Gasteiger partial charge is 0.497 e. The third-order valence-electron chi connectivity index (χ3n) is 4.15. The van der Waals surface area contributed by atoms with Crippen molar-refractivity contribution in [1.82, 2.24) is 10.3 Å². The zero-order valence-electron chi connectivity index (χ0n) is 17.0. The first-order chi connectivity index (χ1) is 12.8. The maximum Gasteiger partial charge on any atom is 0.255 e. The predicted molar refractivity (Wildman–Crippen MR) is 106 cm³/mol. The van der Waals surface area contributed by atoms with Gasteiger partial charge in [0, 0.05) is 16.8 Å². The van der Waals surface area contributed by atoms with Crippen molar-refractivity contribution in [2.45, 2.75) is 52.8 Å². The summed E-state index contributed by atoms with van der Waals surface area (Å²) in [6.07, 6.45) is 2.00. The Morgan fingerprint density at radius 2 is 2.04 bits per heavy atom. The van der Waals surface area contributed by atoms with Crippen molar-refractivity contribution in [2.24, 2.45) is 5.92 Å². The molecule has 5 nitrogen and oxygen atoms in total. The lowest BCUT2D eigenvalue weighted by Gasteiger charge is -2.18. The van der Waals surface area contributed by atoms with Gasteiger partial charge in [-0.1, -0.05) is 40.3 Å². The second kappa shape index (κ2) is 10.7. The van der Waals surface area contributed by atoms with Crippen molar-refractivity contribution in [2.75, 3.05) is 13.7 Å². The molecule has 3 unspecified atom stereocenters. The summed E-state index contributed by atoms with van der Waals surface area (Å²) in [5.74, 6) is -0.169. The van der Waals surface area contributed by atoms with Gasteiger partial charge >= 0.3 is 0 Å². The first kappa shape index (κ1) is 22.7. The number of ether oxygens (including phenoxy) is 2. The van der Waals surface area contributed by atoms with Gasteiger partial charge in [0.15, 0.2) is 6.17 Å². The number of alkyl halides is 1. The summed E-state index contributed by atoms with van der Waals surface area (Å²) in [6.45, 7) is 15.8. The lowest BCUT2D eigenvalue weighted by Crippen LogP contribution is -2.37. The highest BCUT2D eigenvalue weighted by molar-refractivity contribution is 5.83. The van der Waals surface area contributed by atoms with Crippen molar-refractivity contribution in [3.8, 4) is 5.88 Å². The van der Waals surface area contributed by atoms with E-state index in [1.807, 2.05) is 19.9 Å². The molecular formula is C21H31FN2O3. The van der Waals surface area contributed by atoms with Crippen LogP contribution in [0.25, 0.3) is 12.7 Å². The molecule has 2 heterocycles. The zero-order valence-corrected chi connectivity index (χ0v) is 17.0. The number of hydrogen-bond donors (Lipinski definition) is 1. The molecule has 6 heteroatoms. The molecule has 1 aliphatic heterocycles. The highest BCUT2D eigenvalue weighted by Gasteiger charge is 2.41. The molecule has 0 bridgehead atoms. The van der Waals surface area contributed by atoms with Gasteiger partial charge in [-0.25, -0.2) is 9.37 Å². The standard InChI is InChI=1S/C18H23FN2O3.C3H8/c1-6-13-15(21-17(22)16(13)19)9-24-18-14(8-12(4)23-5)10(2)7-11(3)20-18;1-3-2/h7-8,13,15-16H,2,4,6,9H2,1,3,5H3,(H,21,22);3H2,1-2H3/b14-8+;. The molecule has 1 aromatic heterocycles. The van der Waals surface area contributed by atoms with E-state index >= 15 is 0 Å². The fourth-order valence-electron chi connectivity index (χ4n) is 2.80. The topological polar surface area (TPSA) is 60.5 Å². The molecule has 1 amide bonds. The van der Waals surface area contributed by atoms with Crippen molar-refractivity contribution >= 4 is 18.6 Å². The summed E-state index contributed by atoms with van der Waals surface area (Å²) < 4.78 is 24.7. The summed E-state index contributed by atoms with van der Waals surface area (Å²) >= 11 is 0. The van der Waals surface area contributed by atoms with Crippen molar-refractivity contribution in [3.63, 3.8) is 0 Å². The molecule has 0 aromatic carbocycles. The van der Waals surface area contributed by atoms with Crippen LogP contribution >= 0.6 is 0 Å². The number of amides is 1. The van der Waals surface area contributed by atoms with Crippen LogP contribution in [-0.4, -0.2) is 36.8 Å². The minimum absolute atomic E-state index is 0.140. The number of aryl methyl sites for hydroxylation is 1. The molecule has 0 saturated carbocycles. The smallest absolute Gasteiger partial charge is 0.255 e. The fraction of sp³-hybridized carbons (Fsp3) is 0.524. The summed E-state index contributed by atoms with van der Waals surface area (Å²) in [6, 6.07) is 1.44. The van der Waals surface area contributed by atoms with Gasteiger partial charge in [0.05, 0.1) is 13.2 Å². The Bertz CT molecular complexity index is 763. The minimum Gasteiger partial charge on any atom is -0.497 e. The molecular weight excluding hydrogens is 347 g/mol. The number of aromatic nitrogens is 1. The SMILES string of the molecule is C=C(/C=c1/c(OCC2NC(=O)C(F)C2CC)nc(C)cc1=C)OC.CCC. The number of halogens is 1. The van der Waals surface area contributed by atoms with Crippen LogP contribution in [0.4, 0.5) is 4.39 Å². The molecule has 1 fully saturated rings. The molecule has 1 saturated heterocycles. The Labute approximate surface area is 161 Å². The lowest BCUT2D eigenvalue weighted by atomic mass is 9.97. The lowest BCUT2D eigenvalue weighted by molar-refractivity contribution is -0.123. The zero-order chi connectivity index (χ0) is 20.6. The molecule has 1 aliphatic rings. The monoisotopic (exact) mass is 378 g/mol. The first-order valence-electron chi connectivity index (χ1n) is 9.27. The van der Waals surface area contributed by atoms with Gasteiger partial charge in [-0.05, 0) is 30.7 Å². The number of rotatable bonds is 6. The van der Waals surface area contributed by atoms with E-state index in [9.17, 15) is 9.18 Å². The van der Waals surface area contributed by atoms with Crippen LogP contribution in [0, 0.1) is 12.8 Å². The average Bonchev–Trinajstić information content (AvgIpc) is 2.89. The maximum absolute atomic E-state index is 13.9. The number of methoxy groups -OCH3 is 1. The predicted octanol–water partition coefficient (Wildman–Crippen LogP) is 2.40. The Morgan fingerprint density at radius 1 is 1.41 bits per heavy atom. The number of carbonyl (C=O) groups excluding carboxylic acids is 1. The van der Waals surface area contributed by atoms with Gasteiger partial charge in [0.1, 0.15) is 12.4 Å². The molecule has 0 spiro atoms. The summed E-state index contributed by atoms with van der Waals surface area (Å²) in [5, 5.41) is 4.02. The summed E-state index contributed by atoms with van der Waals surface area (Å²) in [7, 11) is 1.52. The van der Waals surface area contributed by atoms with E-state index in [1.54, 1.807) is 6.08 Å². The number of hydrogen-bond acceptors (Lipinski definition) is 4. The third-order valence-corrected chi connectivity index (χ3v) is 4.15. The Balaban J connectivity index is 0.00000114. The maximum atomic E-state index is 13.9. The third kappa shape index (κ3) is 6.08. The summed E-state index contributed by atoms with van der Waals surface area (Å²) in [4.78, 5) is 15.9. The van der Waals surface area contributed by atoms with Crippen LogP contribution in [0.15, 0.2) is 18.4 Å². The highest BCUT2D eigenvalue weighted by atomic mass is 19.1. The van der Waals surface area contributed by atoms with Crippen LogP contribution in [0.2, 0.25) is 0 Å². The summed E-state index contributed by atoms with van der Waals surface area (Å²) in [5.41, 5.74) is 0.751. The minimum atomic E-state index is -1.49. The van der Waals surface area contributed by atoms with Gasteiger partial charge in [-0.3, -0.25) is 4.79 Å². The molecule has 1 N–H and O–H groups in total. The van der Waals surface area contributed by atoms with Gasteiger partial charge in [0.25, 0.3) is 5.91 Å². The van der Waals surface area contributed by atoms with Gasteiger partial charge in [-0.15, -0.1) is 0 Å². The van der Waals surface area contributed by atoms with Crippen molar-refractivity contribution in [1.29, 1.82) is 0 Å². The van der Waals surface area contributed by atoms with E-state index < -0.39 is 18.0 Å². The number of nitrogens with one attached hydrogen (secondary N) is 1. The second-order valence-electron chi connectivity index (χ2n) is 6.56. The van der Waals surface area contributed by atoms with E-state index in [4.69, 9.17) is 9.47 Å². The van der Waals surface area contributed by atoms with E-state index in [-0.39, 0.29) is 12.6 Å². The van der Waals surface area contributed by atoms with Crippen LogP contribution in [0.3, 0.4) is 0 Å². The molecule has 2 rings (SSSR count). The van der Waals surface area contributed by atoms with Gasteiger partial charge < -0.3 is 14.8 Å². The van der Waals surface area contributed by atoms with Crippen LogP contribution in [0.5, 0.6) is 5.88 Å². The fourth-order valence-corrected chi connectivity index (χ4v) is 2.80. The van der Waals surface area contributed by atoms with Gasteiger partial charge in [-0.2, -0.15) is 0 Å². The van der Waals surface area contributed by atoms with E-state index in [0.717, 1.165) is 10.9 Å². The van der Waals surface area contributed by atoms with Crippen LogP contribution in [0.1, 0.15) is 39.3 Å². The molecule has 27 heavy (non-hydrogen) atoms. The Kier molecular flexibility index (Phi) is 8.98. The molecule has 3 atom stereocenters. The van der Waals surface area contributed by atoms with Gasteiger partial charge in [0.2, 0.25) is 5.88 Å². The first-order valence-corrected chi connectivity index (χ1v) is 9.27. The number of pyridine rings is 1. The van der Waals surface area contributed by atoms with Crippen molar-refractivity contribution < 1.29 is 18.7 Å². The normalized spacial score (nSPS) is 21.9. The van der Waals surface area contributed by atoms with E-state index in [2.05, 4.69) is 37.3 Å². The molecule has 0 radical (unpaired) electrons. The number of carbonyl (C=O) groups is 1. The molecule has 0 aliphatic carbocycles. The quantitative estimate of drug-likeness (QED) is 0.773. The van der Waals surface area contributed by atoms with E-state index in [0.29, 0.717) is 23.3 Å².